The van der Waals surface area contributed by atoms with Gasteiger partial charge in [0.2, 0.25) is 0 Å². The average Bonchev–Trinajstić information content (AvgIpc) is 2.82. The van der Waals surface area contributed by atoms with Crippen LogP contribution in [0.5, 0.6) is 5.75 Å². The molecule has 0 fully saturated rings. The molecule has 3 aromatic carbocycles. The Labute approximate surface area is 145 Å². The van der Waals surface area contributed by atoms with Crippen LogP contribution in [0.4, 0.5) is 0 Å². The zero-order chi connectivity index (χ0) is 17.4. The summed E-state index contributed by atoms with van der Waals surface area (Å²) in [6, 6.07) is 19.8. The van der Waals surface area contributed by atoms with Crippen LogP contribution in [0.1, 0.15) is 10.4 Å². The number of carbonyl (C=O) groups is 1. The Morgan fingerprint density at radius 1 is 0.880 bits per heavy atom. The van der Waals surface area contributed by atoms with Gasteiger partial charge in [0, 0.05) is 0 Å². The minimum Gasteiger partial charge on any atom is -0.492 e. The Morgan fingerprint density at radius 3 is 2.40 bits per heavy atom. The van der Waals surface area contributed by atoms with E-state index in [1.54, 1.807) is 12.1 Å². The molecule has 3 aromatic rings. The average molecular weight is 353 g/mol. The van der Waals surface area contributed by atoms with Gasteiger partial charge in [0.25, 0.3) is 15.9 Å². The number of hydrogen-bond donors (Lipinski definition) is 0. The predicted octanol–water partition coefficient (Wildman–Crippen LogP) is 3.06. The van der Waals surface area contributed by atoms with Crippen molar-refractivity contribution in [3.05, 3.63) is 72.3 Å². The number of nitrogens with zero attached hydrogens (tertiary/aromatic N) is 1. The van der Waals surface area contributed by atoms with Crippen LogP contribution in [0, 0.1) is 0 Å². The number of rotatable bonds is 4. The van der Waals surface area contributed by atoms with Gasteiger partial charge < -0.3 is 4.74 Å². The fourth-order valence-corrected chi connectivity index (χ4v) is 4.51. The molecule has 0 saturated carbocycles. The van der Waals surface area contributed by atoms with Gasteiger partial charge in [-0.1, -0.05) is 42.5 Å². The monoisotopic (exact) mass is 353 g/mol. The van der Waals surface area contributed by atoms with Crippen molar-refractivity contribution in [2.75, 3.05) is 13.2 Å². The quantitative estimate of drug-likeness (QED) is 0.723. The molecule has 25 heavy (non-hydrogen) atoms. The van der Waals surface area contributed by atoms with Crippen molar-refractivity contribution in [1.82, 2.24) is 4.31 Å². The molecule has 0 aliphatic carbocycles. The van der Waals surface area contributed by atoms with Crippen LogP contribution in [0.2, 0.25) is 0 Å². The molecule has 1 aliphatic rings. The first-order valence-electron chi connectivity index (χ1n) is 7.85. The third kappa shape index (κ3) is 2.64. The van der Waals surface area contributed by atoms with E-state index in [1.807, 2.05) is 42.5 Å². The first-order chi connectivity index (χ1) is 12.1. The zero-order valence-electron chi connectivity index (χ0n) is 13.3. The lowest BCUT2D eigenvalue weighted by Crippen LogP contribution is -2.33. The second-order valence-corrected chi connectivity index (χ2v) is 7.57. The van der Waals surface area contributed by atoms with Crippen LogP contribution in [0.3, 0.4) is 0 Å². The summed E-state index contributed by atoms with van der Waals surface area (Å²) in [5, 5.41) is 2.14. The number of hydrogen-bond acceptors (Lipinski definition) is 4. The first-order valence-corrected chi connectivity index (χ1v) is 9.29. The largest absolute Gasteiger partial charge is 0.492 e. The van der Waals surface area contributed by atoms with E-state index in [2.05, 4.69) is 0 Å². The van der Waals surface area contributed by atoms with Crippen molar-refractivity contribution in [3.8, 4) is 5.75 Å². The summed E-state index contributed by atoms with van der Waals surface area (Å²) in [7, 11) is -3.78. The Kier molecular flexibility index (Phi) is 3.69. The molecule has 1 aliphatic heterocycles. The topological polar surface area (TPSA) is 63.7 Å². The number of sulfonamides is 1. The van der Waals surface area contributed by atoms with E-state index in [1.165, 1.54) is 12.1 Å². The number of carbonyl (C=O) groups excluding carboxylic acids is 1. The van der Waals surface area contributed by atoms with Crippen molar-refractivity contribution < 1.29 is 17.9 Å². The fraction of sp³-hybridized carbons (Fsp3) is 0.105. The number of benzene rings is 3. The van der Waals surface area contributed by atoms with Crippen molar-refractivity contribution in [2.45, 2.75) is 4.90 Å². The van der Waals surface area contributed by atoms with E-state index in [-0.39, 0.29) is 23.6 Å². The van der Waals surface area contributed by atoms with E-state index in [4.69, 9.17) is 4.74 Å². The highest BCUT2D eigenvalue weighted by Crippen LogP contribution is 2.29. The van der Waals surface area contributed by atoms with Crippen molar-refractivity contribution >= 4 is 26.7 Å². The zero-order valence-corrected chi connectivity index (χ0v) is 14.1. The Hall–Kier alpha value is -2.86. The second kappa shape index (κ2) is 5.89. The van der Waals surface area contributed by atoms with E-state index in [9.17, 15) is 13.2 Å². The van der Waals surface area contributed by atoms with Crippen LogP contribution >= 0.6 is 0 Å². The lowest BCUT2D eigenvalue weighted by atomic mass is 10.1. The number of fused-ring (bicyclic) bond motifs is 2. The fourth-order valence-electron chi connectivity index (χ4n) is 2.96. The van der Waals surface area contributed by atoms with Gasteiger partial charge >= 0.3 is 0 Å². The van der Waals surface area contributed by atoms with E-state index >= 15 is 0 Å². The van der Waals surface area contributed by atoms with Gasteiger partial charge in [0.05, 0.1) is 12.1 Å². The summed E-state index contributed by atoms with van der Waals surface area (Å²) >= 11 is 0. The highest BCUT2D eigenvalue weighted by atomic mass is 32.2. The van der Waals surface area contributed by atoms with Gasteiger partial charge in [-0.15, -0.1) is 0 Å². The molecule has 0 bridgehead atoms. The second-order valence-electron chi connectivity index (χ2n) is 5.74. The Balaban J connectivity index is 1.49. The van der Waals surface area contributed by atoms with Crippen molar-refractivity contribution in [3.63, 3.8) is 0 Å². The summed E-state index contributed by atoms with van der Waals surface area (Å²) < 4.78 is 31.5. The molecular weight excluding hydrogens is 338 g/mol. The molecule has 0 saturated heterocycles. The van der Waals surface area contributed by atoms with Gasteiger partial charge in [-0.25, -0.2) is 12.7 Å². The van der Waals surface area contributed by atoms with Crippen LogP contribution in [-0.2, 0) is 10.0 Å². The highest BCUT2D eigenvalue weighted by Gasteiger charge is 2.40. The number of ether oxygens (including phenoxy) is 1. The summed E-state index contributed by atoms with van der Waals surface area (Å²) in [5.41, 5.74) is 0.216. The maximum atomic E-state index is 12.5. The molecule has 0 unspecified atom stereocenters. The Bertz CT molecular complexity index is 1080. The molecule has 0 spiro atoms. The van der Waals surface area contributed by atoms with Gasteiger partial charge in [0.15, 0.2) is 0 Å². The SMILES string of the molecule is O=C1c2ccccc2S(=O)(=O)N1CCOc1ccc2ccccc2c1. The summed E-state index contributed by atoms with van der Waals surface area (Å²) in [6.45, 7) is 0.0694. The molecule has 4 rings (SSSR count). The van der Waals surface area contributed by atoms with Gasteiger partial charge in [-0.2, -0.15) is 0 Å². The van der Waals surface area contributed by atoms with Crippen molar-refractivity contribution in [2.24, 2.45) is 0 Å². The molecule has 126 valence electrons. The van der Waals surface area contributed by atoms with Crippen LogP contribution in [0.15, 0.2) is 71.6 Å². The maximum absolute atomic E-state index is 12.5. The maximum Gasteiger partial charge on any atom is 0.269 e. The molecule has 1 heterocycles. The van der Waals surface area contributed by atoms with Gasteiger partial charge in [-0.3, -0.25) is 4.79 Å². The third-order valence-corrected chi connectivity index (χ3v) is 6.04. The third-order valence-electron chi connectivity index (χ3n) is 4.20. The smallest absolute Gasteiger partial charge is 0.269 e. The number of amides is 1. The predicted molar refractivity (Wildman–Crippen MR) is 94.1 cm³/mol. The standard InChI is InChI=1S/C19H15NO4S/c21-19-17-7-3-4-8-18(17)25(22,23)20(19)11-12-24-16-10-9-14-5-1-2-6-15(14)13-16/h1-10,13H,11-12H2. The van der Waals surface area contributed by atoms with E-state index < -0.39 is 15.9 Å². The van der Waals surface area contributed by atoms with Crippen LogP contribution in [0.25, 0.3) is 10.8 Å². The first kappa shape index (κ1) is 15.7. The molecule has 5 nitrogen and oxygen atoms in total. The minimum atomic E-state index is -3.78. The molecule has 0 radical (unpaired) electrons. The van der Waals surface area contributed by atoms with E-state index in [0.717, 1.165) is 15.1 Å². The van der Waals surface area contributed by atoms with Crippen LogP contribution < -0.4 is 4.74 Å². The van der Waals surface area contributed by atoms with Gasteiger partial charge in [0.1, 0.15) is 17.3 Å². The summed E-state index contributed by atoms with van der Waals surface area (Å²) in [6.07, 6.45) is 0. The summed E-state index contributed by atoms with van der Waals surface area (Å²) in [4.78, 5) is 12.4. The van der Waals surface area contributed by atoms with E-state index in [0.29, 0.717) is 5.75 Å². The lowest BCUT2D eigenvalue weighted by molar-refractivity contribution is 0.0857. The Morgan fingerprint density at radius 2 is 1.60 bits per heavy atom. The van der Waals surface area contributed by atoms with Gasteiger partial charge in [-0.05, 0) is 35.0 Å². The van der Waals surface area contributed by atoms with Crippen LogP contribution in [-0.4, -0.2) is 31.8 Å². The normalized spacial score (nSPS) is 15.4. The molecule has 0 N–H and O–H groups in total. The highest BCUT2D eigenvalue weighted by molar-refractivity contribution is 7.90. The van der Waals surface area contributed by atoms with Crippen molar-refractivity contribution in [1.29, 1.82) is 0 Å². The molecule has 1 amide bonds. The summed E-state index contributed by atoms with van der Waals surface area (Å²) in [5.74, 6) is 0.137. The molecule has 6 heteroatoms. The lowest BCUT2D eigenvalue weighted by Gasteiger charge is -2.15. The minimum absolute atomic E-state index is 0.0251. The molecular formula is C19H15NO4S. The molecule has 0 aromatic heterocycles. The molecule has 0 atom stereocenters.